The third-order valence-corrected chi connectivity index (χ3v) is 5.68. The molecular weight excluding hydrogens is 453 g/mol. The molecule has 186 valence electrons. The van der Waals surface area contributed by atoms with Gasteiger partial charge in [0.25, 0.3) is 5.91 Å². The van der Waals surface area contributed by atoms with Gasteiger partial charge in [-0.15, -0.1) is 0 Å². The van der Waals surface area contributed by atoms with Crippen LogP contribution in [-0.2, 0) is 17.7 Å². The fraction of sp³-hybridized carbons (Fsp3) is 0.360. The molecule has 1 aliphatic rings. The number of nitrogens with one attached hydrogen (secondary N) is 1. The Morgan fingerprint density at radius 1 is 1.40 bits per heavy atom. The van der Waals surface area contributed by atoms with Crippen molar-refractivity contribution in [3.8, 4) is 0 Å². The first-order chi connectivity index (χ1) is 16.8. The molecule has 2 heterocycles. The fourth-order valence-electron chi connectivity index (χ4n) is 3.86. The van der Waals surface area contributed by atoms with E-state index in [-0.39, 0.29) is 37.2 Å². The van der Waals surface area contributed by atoms with Crippen LogP contribution in [0.15, 0.2) is 48.1 Å². The molecule has 10 heteroatoms. The number of benzene rings is 1. The number of carbonyl (C=O) groups is 2. The number of aromatic nitrogens is 1. The summed E-state index contributed by atoms with van der Waals surface area (Å²) in [7, 11) is 1.59. The molecule has 2 amide bonds. The number of hydrogen-bond acceptors (Lipinski definition) is 6. The number of fused-ring (bicyclic) bond motifs is 1. The molecule has 35 heavy (non-hydrogen) atoms. The highest BCUT2D eigenvalue weighted by molar-refractivity contribution is 6.05. The summed E-state index contributed by atoms with van der Waals surface area (Å²) in [5, 5.41) is 12.2. The molecule has 1 aromatic carbocycles. The minimum Gasteiger partial charge on any atom is -0.450 e. The Kier molecular flexibility index (Phi) is 8.53. The van der Waals surface area contributed by atoms with Gasteiger partial charge >= 0.3 is 6.09 Å². The van der Waals surface area contributed by atoms with Crippen molar-refractivity contribution >= 4 is 23.7 Å². The lowest BCUT2D eigenvalue weighted by Crippen LogP contribution is -2.37. The first-order valence-electron chi connectivity index (χ1n) is 11.3. The normalized spacial score (nSPS) is 14.1. The van der Waals surface area contributed by atoms with E-state index >= 15 is 0 Å². The van der Waals surface area contributed by atoms with Crippen molar-refractivity contribution in [2.75, 3.05) is 32.1 Å². The van der Waals surface area contributed by atoms with Gasteiger partial charge in [0.1, 0.15) is 17.3 Å². The lowest BCUT2D eigenvalue weighted by atomic mass is 9.97. The lowest BCUT2D eigenvalue weighted by Gasteiger charge is -2.28. The van der Waals surface area contributed by atoms with E-state index < -0.39 is 17.8 Å². The number of carbonyl (C=O) groups excluding carboxylic acids is 2. The predicted molar refractivity (Wildman–Crippen MR) is 131 cm³/mol. The van der Waals surface area contributed by atoms with E-state index in [4.69, 9.17) is 4.74 Å². The molecule has 0 aliphatic carbocycles. The molecule has 2 N–H and O–H groups in total. The number of hydrogen-bond donors (Lipinski definition) is 2. The third-order valence-electron chi connectivity index (χ3n) is 5.68. The molecule has 0 fully saturated rings. The van der Waals surface area contributed by atoms with Crippen LogP contribution < -0.4 is 5.32 Å². The maximum Gasteiger partial charge on any atom is 0.410 e. The Balaban J connectivity index is 1.83. The summed E-state index contributed by atoms with van der Waals surface area (Å²) < 4.78 is 19.9. The van der Waals surface area contributed by atoms with Gasteiger partial charge in [0.05, 0.1) is 24.8 Å². The van der Waals surface area contributed by atoms with E-state index in [0.717, 1.165) is 5.56 Å². The fourth-order valence-corrected chi connectivity index (χ4v) is 3.86. The summed E-state index contributed by atoms with van der Waals surface area (Å²) in [5.41, 5.74) is 1.75. The quantitative estimate of drug-likeness (QED) is 0.463. The molecule has 0 spiro atoms. The third kappa shape index (κ3) is 5.83. The van der Waals surface area contributed by atoms with Crippen molar-refractivity contribution in [3.63, 3.8) is 0 Å². The Hall–Kier alpha value is -3.79. The van der Waals surface area contributed by atoms with E-state index in [1.807, 2.05) is 0 Å². The van der Waals surface area contributed by atoms with Gasteiger partial charge in [-0.25, -0.2) is 14.2 Å². The molecule has 0 saturated carbocycles. The first-order valence-corrected chi connectivity index (χ1v) is 11.3. The Morgan fingerprint density at radius 3 is 2.83 bits per heavy atom. The van der Waals surface area contributed by atoms with Crippen LogP contribution in [0.3, 0.4) is 0 Å². The second-order valence-corrected chi connectivity index (χ2v) is 8.00. The zero-order valence-electron chi connectivity index (χ0n) is 20.1. The summed E-state index contributed by atoms with van der Waals surface area (Å²) in [6.07, 6.45) is 1.58. The van der Waals surface area contributed by atoms with Crippen molar-refractivity contribution in [2.45, 2.75) is 32.9 Å². The predicted octanol–water partition coefficient (Wildman–Crippen LogP) is 3.19. The maximum atomic E-state index is 14.8. The summed E-state index contributed by atoms with van der Waals surface area (Å²) in [6.45, 7) is 8.11. The molecule has 1 aliphatic heterocycles. The highest BCUT2D eigenvalue weighted by Gasteiger charge is 2.25. The van der Waals surface area contributed by atoms with Crippen molar-refractivity contribution in [3.05, 3.63) is 71.3 Å². The number of aliphatic hydroxyl groups excluding tert-OH is 1. The number of pyridine rings is 1. The highest BCUT2D eigenvalue weighted by Crippen LogP contribution is 2.24. The van der Waals surface area contributed by atoms with E-state index in [2.05, 4.69) is 21.9 Å². The van der Waals surface area contributed by atoms with Crippen LogP contribution in [0, 0.1) is 5.82 Å². The van der Waals surface area contributed by atoms with Gasteiger partial charge in [-0.05, 0) is 61.9 Å². The van der Waals surface area contributed by atoms with Crippen LogP contribution in [0.5, 0.6) is 0 Å². The molecule has 0 saturated heterocycles. The van der Waals surface area contributed by atoms with E-state index in [0.29, 0.717) is 30.1 Å². The average Bonchev–Trinajstić information content (AvgIpc) is 2.86. The number of amidine groups is 1. The monoisotopic (exact) mass is 483 g/mol. The van der Waals surface area contributed by atoms with Crippen LogP contribution in [0.25, 0.3) is 0 Å². The molecular formula is C25H30FN5O4. The van der Waals surface area contributed by atoms with Crippen LogP contribution in [0.1, 0.15) is 41.0 Å². The van der Waals surface area contributed by atoms with Gasteiger partial charge < -0.3 is 25.0 Å². The van der Waals surface area contributed by atoms with Crippen LogP contribution in [-0.4, -0.2) is 70.6 Å². The van der Waals surface area contributed by atoms with Gasteiger partial charge in [0, 0.05) is 20.1 Å². The standard InChI is InChI=1S/C25H30FN5O4/c1-5-31(16(3)15-32)23(27-4)21-8-7-9-22(28-21)29-24(33)19-12-18-14-30(25(34)35-6-2)11-10-17(18)13-20(19)26/h5,7-9,12-13,16,32H,1,6,10-11,14-15H2,2-4H3,(H,28,29,33). The number of anilines is 1. The highest BCUT2D eigenvalue weighted by atomic mass is 19.1. The zero-order valence-corrected chi connectivity index (χ0v) is 20.1. The van der Waals surface area contributed by atoms with Gasteiger partial charge in [-0.3, -0.25) is 9.79 Å². The first kappa shape index (κ1) is 25.8. The molecule has 0 bridgehead atoms. The van der Waals surface area contributed by atoms with E-state index in [1.165, 1.54) is 23.2 Å². The van der Waals surface area contributed by atoms with Gasteiger partial charge in [0.2, 0.25) is 0 Å². The lowest BCUT2D eigenvalue weighted by molar-refractivity contribution is 0.102. The smallest absolute Gasteiger partial charge is 0.410 e. The Bertz CT molecular complexity index is 1140. The molecule has 1 atom stereocenters. The molecule has 9 nitrogen and oxygen atoms in total. The largest absolute Gasteiger partial charge is 0.450 e. The summed E-state index contributed by atoms with van der Waals surface area (Å²) in [6, 6.07) is 7.51. The van der Waals surface area contributed by atoms with Gasteiger partial charge in [-0.2, -0.15) is 0 Å². The number of rotatable bonds is 7. The number of halogens is 1. The number of nitrogens with zero attached hydrogens (tertiary/aromatic N) is 4. The van der Waals surface area contributed by atoms with Crippen LogP contribution in [0.4, 0.5) is 15.0 Å². The number of aliphatic imine (C=N–C) groups is 1. The van der Waals surface area contributed by atoms with Crippen molar-refractivity contribution in [1.29, 1.82) is 0 Å². The molecule has 1 aromatic heterocycles. The molecule has 3 rings (SSSR count). The maximum absolute atomic E-state index is 14.8. The minimum absolute atomic E-state index is 0.118. The van der Waals surface area contributed by atoms with E-state index in [1.54, 1.807) is 44.0 Å². The van der Waals surface area contributed by atoms with Crippen LogP contribution >= 0.6 is 0 Å². The number of aliphatic hydroxyl groups is 1. The van der Waals surface area contributed by atoms with Crippen molar-refractivity contribution < 1.29 is 23.8 Å². The Morgan fingerprint density at radius 2 is 2.17 bits per heavy atom. The van der Waals surface area contributed by atoms with Gasteiger partial charge in [0.15, 0.2) is 5.84 Å². The topological polar surface area (TPSA) is 107 Å². The van der Waals surface area contributed by atoms with Crippen LogP contribution in [0.2, 0.25) is 0 Å². The minimum atomic E-state index is -0.664. The molecule has 1 unspecified atom stereocenters. The average molecular weight is 484 g/mol. The molecule has 2 aromatic rings. The summed E-state index contributed by atoms with van der Waals surface area (Å²) >= 11 is 0. The number of ether oxygens (including phenoxy) is 1. The Labute approximate surface area is 203 Å². The molecule has 0 radical (unpaired) electrons. The van der Waals surface area contributed by atoms with E-state index in [9.17, 15) is 19.1 Å². The number of amides is 2. The summed E-state index contributed by atoms with van der Waals surface area (Å²) in [5.74, 6) is -0.647. The summed E-state index contributed by atoms with van der Waals surface area (Å²) in [4.78, 5) is 36.9. The van der Waals surface area contributed by atoms with Crippen molar-refractivity contribution in [2.24, 2.45) is 4.99 Å². The second-order valence-electron chi connectivity index (χ2n) is 8.00. The zero-order chi connectivity index (χ0) is 25.5. The van der Waals surface area contributed by atoms with Crippen molar-refractivity contribution in [1.82, 2.24) is 14.8 Å². The van der Waals surface area contributed by atoms with Gasteiger partial charge in [-0.1, -0.05) is 12.6 Å². The SMILES string of the molecule is C=CN(C(=NC)c1cccc(NC(=O)c2cc3c(cc2F)CCN(C(=O)OCC)C3)n1)C(C)CO. The second kappa shape index (κ2) is 11.6.